The lowest BCUT2D eigenvalue weighted by molar-refractivity contribution is 0.630. The van der Waals surface area contributed by atoms with Crippen LogP contribution >= 0.6 is 0 Å². The topological polar surface area (TPSA) is 9.86 Å². The van der Waals surface area contributed by atoms with E-state index in [0.717, 1.165) is 5.70 Å². The van der Waals surface area contributed by atoms with E-state index < -0.39 is 0 Å². The molecule has 0 unspecified atom stereocenters. The van der Waals surface area contributed by atoms with Crippen LogP contribution < -0.4 is 0 Å². The third-order valence-electron chi connectivity index (χ3n) is 10.7. The molecule has 0 saturated carbocycles. The summed E-state index contributed by atoms with van der Waals surface area (Å²) < 4.78 is 4.88. The molecule has 2 aliphatic heterocycles. The molecule has 5 aromatic carbocycles. The number of hydrogen-bond donors (Lipinski definition) is 0. The van der Waals surface area contributed by atoms with E-state index in [-0.39, 0.29) is 10.8 Å². The Morgan fingerprint density at radius 2 is 1.07 bits per heavy atom. The maximum atomic E-state index is 4.23. The van der Waals surface area contributed by atoms with Gasteiger partial charge >= 0.3 is 0 Å². The minimum Gasteiger partial charge on any atom is -0.309 e. The monoisotopic (exact) mass is 566 g/mol. The van der Waals surface area contributed by atoms with E-state index in [9.17, 15) is 0 Å². The number of aromatic nitrogens is 2. The van der Waals surface area contributed by atoms with Gasteiger partial charge in [-0.05, 0) is 69.8 Å². The third-order valence-corrected chi connectivity index (χ3v) is 10.7. The van der Waals surface area contributed by atoms with E-state index in [1.165, 1.54) is 82.7 Å². The first-order valence-corrected chi connectivity index (χ1v) is 15.5. The van der Waals surface area contributed by atoms with Crippen molar-refractivity contribution in [1.29, 1.82) is 0 Å². The van der Waals surface area contributed by atoms with Crippen molar-refractivity contribution in [3.8, 4) is 16.8 Å². The lowest BCUT2D eigenvalue weighted by Gasteiger charge is -2.35. The van der Waals surface area contributed by atoms with Gasteiger partial charge in [-0.3, -0.25) is 0 Å². The number of para-hydroxylation sites is 3. The number of rotatable bonds is 3. The molecule has 0 spiro atoms. The van der Waals surface area contributed by atoms with Crippen LogP contribution in [0.15, 0.2) is 128 Å². The van der Waals surface area contributed by atoms with Crippen LogP contribution in [-0.4, -0.2) is 9.13 Å². The average molecular weight is 567 g/mol. The van der Waals surface area contributed by atoms with Crippen molar-refractivity contribution in [2.45, 2.75) is 38.5 Å². The van der Waals surface area contributed by atoms with Crippen molar-refractivity contribution in [1.82, 2.24) is 9.13 Å². The first-order valence-electron chi connectivity index (χ1n) is 15.5. The van der Waals surface area contributed by atoms with Gasteiger partial charge in [-0.15, -0.1) is 0 Å². The molecule has 0 amide bonds. The molecular formula is C42H34N2. The highest BCUT2D eigenvalue weighted by molar-refractivity contribution is 6.15. The second kappa shape index (κ2) is 8.30. The molecular weight excluding hydrogens is 532 g/mol. The van der Waals surface area contributed by atoms with Crippen LogP contribution in [0.5, 0.6) is 0 Å². The van der Waals surface area contributed by atoms with Crippen molar-refractivity contribution in [2.24, 2.45) is 0 Å². The van der Waals surface area contributed by atoms with Gasteiger partial charge in [0.25, 0.3) is 0 Å². The molecule has 7 aromatic rings. The molecule has 0 saturated heterocycles. The largest absolute Gasteiger partial charge is 0.309 e. The predicted octanol–water partition coefficient (Wildman–Crippen LogP) is 11.1. The molecule has 2 nitrogen and oxygen atoms in total. The van der Waals surface area contributed by atoms with E-state index in [1.807, 2.05) is 12.2 Å². The molecule has 0 N–H and O–H groups in total. The normalized spacial score (nSPS) is 16.2. The van der Waals surface area contributed by atoms with Gasteiger partial charge in [0.2, 0.25) is 0 Å². The van der Waals surface area contributed by atoms with Crippen LogP contribution in [-0.2, 0) is 10.8 Å². The fourth-order valence-electron chi connectivity index (χ4n) is 8.50. The minimum absolute atomic E-state index is 0.0656. The molecule has 0 atom stereocenters. The van der Waals surface area contributed by atoms with Gasteiger partial charge < -0.3 is 9.13 Å². The van der Waals surface area contributed by atoms with Crippen LogP contribution in [0.25, 0.3) is 66.1 Å². The summed E-state index contributed by atoms with van der Waals surface area (Å²) >= 11 is 0. The van der Waals surface area contributed by atoms with Crippen LogP contribution in [0.3, 0.4) is 0 Å². The van der Waals surface area contributed by atoms with Gasteiger partial charge in [-0.1, -0.05) is 114 Å². The average Bonchev–Trinajstić information content (AvgIpc) is 3.55. The standard InChI is InChI=1S/C42H34N2/c1-7-31-35(8-2)43-36-21-19-25(23-29(36)27-13-11-16-33(39(27)43)41(31,3)4)26-20-22-37-30(24-26)28-14-12-17-34-40(28)44(37)38-18-10-9-15-32(38)42(34,5)6/h7-24H,1-2H2,3-6H3. The molecule has 2 aliphatic rings. The third kappa shape index (κ3) is 2.91. The van der Waals surface area contributed by atoms with Gasteiger partial charge in [0, 0.05) is 38.1 Å². The lowest BCUT2D eigenvalue weighted by atomic mass is 9.74. The van der Waals surface area contributed by atoms with Crippen molar-refractivity contribution in [3.05, 3.63) is 145 Å². The first kappa shape index (κ1) is 25.4. The van der Waals surface area contributed by atoms with Crippen molar-refractivity contribution in [2.75, 3.05) is 0 Å². The van der Waals surface area contributed by atoms with Gasteiger partial charge in [0.15, 0.2) is 0 Å². The molecule has 2 aromatic heterocycles. The highest BCUT2D eigenvalue weighted by Gasteiger charge is 2.36. The molecule has 4 heterocycles. The Bertz CT molecular complexity index is 2470. The van der Waals surface area contributed by atoms with Crippen molar-refractivity contribution >= 4 is 49.3 Å². The molecule has 212 valence electrons. The maximum Gasteiger partial charge on any atom is 0.0582 e. The zero-order valence-corrected chi connectivity index (χ0v) is 25.7. The fraction of sp³-hybridized carbons (Fsp3) is 0.143. The van der Waals surface area contributed by atoms with Crippen molar-refractivity contribution < 1.29 is 0 Å². The Labute approximate surface area is 257 Å². The Hall–Kier alpha value is -5.08. The van der Waals surface area contributed by atoms with Crippen LogP contribution in [0.2, 0.25) is 0 Å². The highest BCUT2D eigenvalue weighted by Crippen LogP contribution is 2.50. The summed E-state index contributed by atoms with van der Waals surface area (Å²) in [6.45, 7) is 17.7. The summed E-state index contributed by atoms with van der Waals surface area (Å²) in [5.74, 6) is 0. The summed E-state index contributed by atoms with van der Waals surface area (Å²) in [7, 11) is 0. The zero-order chi connectivity index (χ0) is 30.1. The minimum atomic E-state index is -0.160. The maximum absolute atomic E-state index is 4.23. The molecule has 0 fully saturated rings. The SMILES string of the molecule is C=CC1=C(C=C)C(C)(C)c2cccc3c4cc(-c5ccc6c(c5)c5cccc7c5n6-c5ccccc5C7(C)C)ccc4n1c23. The Morgan fingerprint density at radius 1 is 0.523 bits per heavy atom. The van der Waals surface area contributed by atoms with Gasteiger partial charge in [0.1, 0.15) is 0 Å². The first-order chi connectivity index (χ1) is 21.3. The summed E-state index contributed by atoms with van der Waals surface area (Å²) in [6, 6.07) is 36.4. The lowest BCUT2D eigenvalue weighted by Crippen LogP contribution is -2.26. The Kier molecular flexibility index (Phi) is 4.79. The molecule has 0 bridgehead atoms. The molecule has 0 aliphatic carbocycles. The number of fused-ring (bicyclic) bond motifs is 8. The zero-order valence-electron chi connectivity index (χ0n) is 25.7. The fourth-order valence-corrected chi connectivity index (χ4v) is 8.50. The van der Waals surface area contributed by atoms with Crippen molar-refractivity contribution in [3.63, 3.8) is 0 Å². The van der Waals surface area contributed by atoms with E-state index in [0.29, 0.717) is 0 Å². The van der Waals surface area contributed by atoms with E-state index in [2.05, 4.69) is 147 Å². The van der Waals surface area contributed by atoms with Gasteiger partial charge in [-0.25, -0.2) is 0 Å². The number of allylic oxidation sites excluding steroid dienone is 4. The van der Waals surface area contributed by atoms with Gasteiger partial charge in [0.05, 0.1) is 27.8 Å². The van der Waals surface area contributed by atoms with Gasteiger partial charge in [-0.2, -0.15) is 0 Å². The van der Waals surface area contributed by atoms with E-state index in [1.54, 1.807) is 0 Å². The Balaban J connectivity index is 1.31. The van der Waals surface area contributed by atoms with E-state index in [4.69, 9.17) is 0 Å². The summed E-state index contributed by atoms with van der Waals surface area (Å²) in [5, 5.41) is 5.15. The predicted molar refractivity (Wildman–Crippen MR) is 188 cm³/mol. The highest BCUT2D eigenvalue weighted by atomic mass is 15.0. The molecule has 0 radical (unpaired) electrons. The Morgan fingerprint density at radius 3 is 1.68 bits per heavy atom. The summed E-state index contributed by atoms with van der Waals surface area (Å²) in [5.41, 5.74) is 15.0. The van der Waals surface area contributed by atoms with E-state index >= 15 is 0 Å². The smallest absolute Gasteiger partial charge is 0.0582 e. The molecule has 44 heavy (non-hydrogen) atoms. The van der Waals surface area contributed by atoms with Crippen LogP contribution in [0.4, 0.5) is 0 Å². The molecule has 2 heteroatoms. The number of nitrogens with zero attached hydrogens (tertiary/aromatic N) is 2. The summed E-state index contributed by atoms with van der Waals surface area (Å²) in [6.07, 6.45) is 4.00. The second-order valence-electron chi connectivity index (χ2n) is 13.5. The number of hydrogen-bond acceptors (Lipinski definition) is 0. The molecule has 9 rings (SSSR count). The second-order valence-corrected chi connectivity index (χ2v) is 13.5. The van der Waals surface area contributed by atoms with Crippen LogP contribution in [0, 0.1) is 0 Å². The number of benzene rings is 5. The summed E-state index contributed by atoms with van der Waals surface area (Å²) in [4.78, 5) is 0. The quantitative estimate of drug-likeness (QED) is 0.201. The van der Waals surface area contributed by atoms with Crippen LogP contribution in [0.1, 0.15) is 44.4 Å².